The molecule has 0 spiro atoms. The molecule has 1 N–H and O–H groups in total. The van der Waals surface area contributed by atoms with Crippen LogP contribution in [0.15, 0.2) is 42.7 Å². The van der Waals surface area contributed by atoms with Crippen LogP contribution in [0.25, 0.3) is 0 Å². The third kappa shape index (κ3) is 4.29. The predicted molar refractivity (Wildman–Crippen MR) is 85.7 cm³/mol. The zero-order chi connectivity index (χ0) is 16.1. The summed E-state index contributed by atoms with van der Waals surface area (Å²) in [5.41, 5.74) is 0.609. The number of benzene rings is 1. The Balaban J connectivity index is 1.42. The Morgan fingerprint density at radius 2 is 1.87 bits per heavy atom. The van der Waals surface area contributed by atoms with Crippen LogP contribution in [0.3, 0.4) is 0 Å². The van der Waals surface area contributed by atoms with Gasteiger partial charge in [0.15, 0.2) is 0 Å². The maximum atomic E-state index is 12.9. The molecular weight excluding hydrogens is 297 g/mol. The highest BCUT2D eigenvalue weighted by Crippen LogP contribution is 2.10. The van der Waals surface area contributed by atoms with E-state index in [0.717, 1.165) is 26.2 Å². The normalized spacial score (nSPS) is 15.6. The molecule has 2 heterocycles. The number of hydrogen-bond donors (Lipinski definition) is 1. The lowest BCUT2D eigenvalue weighted by Gasteiger charge is -2.34. The molecular formula is C16H20FN5O. The average molecular weight is 317 g/mol. The van der Waals surface area contributed by atoms with Gasteiger partial charge in [-0.15, -0.1) is 0 Å². The molecule has 0 unspecified atom stereocenters. The maximum Gasteiger partial charge on any atom is 0.321 e. The van der Waals surface area contributed by atoms with Crippen LogP contribution in [0.1, 0.15) is 0 Å². The molecule has 0 aliphatic carbocycles. The molecule has 0 saturated carbocycles. The van der Waals surface area contributed by atoms with Gasteiger partial charge < -0.3 is 10.2 Å². The second-order valence-electron chi connectivity index (χ2n) is 5.53. The van der Waals surface area contributed by atoms with E-state index >= 15 is 0 Å². The number of carbonyl (C=O) groups excluding carboxylic acids is 1. The Hall–Kier alpha value is -2.41. The number of anilines is 1. The summed E-state index contributed by atoms with van der Waals surface area (Å²) in [6.07, 6.45) is 3.73. The molecule has 1 fully saturated rings. The average Bonchev–Trinajstić information content (AvgIpc) is 3.09. The molecule has 2 aromatic rings. The van der Waals surface area contributed by atoms with Gasteiger partial charge in [0.05, 0.1) is 6.54 Å². The summed E-state index contributed by atoms with van der Waals surface area (Å²) in [7, 11) is 0. The lowest BCUT2D eigenvalue weighted by molar-refractivity contribution is 0.143. The molecule has 1 aromatic heterocycles. The number of nitrogens with zero attached hydrogens (tertiary/aromatic N) is 4. The Labute approximate surface area is 134 Å². The highest BCUT2D eigenvalue weighted by Gasteiger charge is 2.20. The highest BCUT2D eigenvalue weighted by molar-refractivity contribution is 5.89. The van der Waals surface area contributed by atoms with Crippen molar-refractivity contribution in [2.24, 2.45) is 0 Å². The molecule has 1 aliphatic heterocycles. The smallest absolute Gasteiger partial charge is 0.321 e. The van der Waals surface area contributed by atoms with E-state index < -0.39 is 0 Å². The Morgan fingerprint density at radius 3 is 2.52 bits per heavy atom. The van der Waals surface area contributed by atoms with E-state index in [9.17, 15) is 9.18 Å². The molecule has 7 heteroatoms. The summed E-state index contributed by atoms with van der Waals surface area (Å²) in [5, 5.41) is 6.98. The van der Waals surface area contributed by atoms with E-state index in [0.29, 0.717) is 18.8 Å². The number of carbonyl (C=O) groups is 1. The van der Waals surface area contributed by atoms with Gasteiger partial charge in [-0.1, -0.05) is 0 Å². The van der Waals surface area contributed by atoms with Crippen molar-refractivity contribution in [1.82, 2.24) is 19.6 Å². The van der Waals surface area contributed by atoms with Crippen LogP contribution in [0.4, 0.5) is 14.9 Å². The summed E-state index contributed by atoms with van der Waals surface area (Å²) in [6, 6.07) is 7.58. The van der Waals surface area contributed by atoms with Gasteiger partial charge in [0.25, 0.3) is 0 Å². The van der Waals surface area contributed by atoms with E-state index in [1.54, 1.807) is 23.2 Å². The number of urea groups is 1. The first kappa shape index (κ1) is 15.5. The summed E-state index contributed by atoms with van der Waals surface area (Å²) in [4.78, 5) is 16.3. The summed E-state index contributed by atoms with van der Waals surface area (Å²) >= 11 is 0. The summed E-state index contributed by atoms with van der Waals surface area (Å²) in [6.45, 7) is 4.85. The van der Waals surface area contributed by atoms with E-state index in [1.807, 2.05) is 16.9 Å². The van der Waals surface area contributed by atoms with Crippen molar-refractivity contribution in [3.8, 4) is 0 Å². The van der Waals surface area contributed by atoms with Crippen molar-refractivity contribution in [3.05, 3.63) is 48.5 Å². The summed E-state index contributed by atoms with van der Waals surface area (Å²) in [5.74, 6) is -0.311. The topological polar surface area (TPSA) is 53.4 Å². The van der Waals surface area contributed by atoms with Gasteiger partial charge in [-0.2, -0.15) is 5.10 Å². The quantitative estimate of drug-likeness (QED) is 0.937. The largest absolute Gasteiger partial charge is 0.322 e. The van der Waals surface area contributed by atoms with E-state index in [-0.39, 0.29) is 11.8 Å². The lowest BCUT2D eigenvalue weighted by Crippen LogP contribution is -2.50. The van der Waals surface area contributed by atoms with Crippen molar-refractivity contribution in [1.29, 1.82) is 0 Å². The Kier molecular flexibility index (Phi) is 4.87. The van der Waals surface area contributed by atoms with Gasteiger partial charge in [0.1, 0.15) is 5.82 Å². The van der Waals surface area contributed by atoms with Gasteiger partial charge in [-0.3, -0.25) is 9.58 Å². The minimum absolute atomic E-state index is 0.136. The molecule has 1 saturated heterocycles. The van der Waals surface area contributed by atoms with Crippen molar-refractivity contribution in [2.45, 2.75) is 6.54 Å². The minimum atomic E-state index is -0.311. The molecule has 2 amide bonds. The minimum Gasteiger partial charge on any atom is -0.322 e. The molecule has 23 heavy (non-hydrogen) atoms. The van der Waals surface area contributed by atoms with Crippen molar-refractivity contribution in [3.63, 3.8) is 0 Å². The van der Waals surface area contributed by atoms with Gasteiger partial charge >= 0.3 is 6.03 Å². The maximum absolute atomic E-state index is 12.9. The van der Waals surface area contributed by atoms with Crippen LogP contribution < -0.4 is 5.32 Å². The first-order valence-electron chi connectivity index (χ1n) is 7.72. The van der Waals surface area contributed by atoms with Gasteiger partial charge in [0.2, 0.25) is 0 Å². The molecule has 0 bridgehead atoms. The third-order valence-electron chi connectivity index (χ3n) is 3.96. The zero-order valence-corrected chi connectivity index (χ0v) is 12.9. The molecule has 1 aliphatic rings. The standard InChI is InChI=1S/C16H20FN5O/c17-14-2-4-15(5-3-14)19-16(23)21-11-8-20(9-12-21)10-13-22-7-1-6-18-22/h1-7H,8-13H2,(H,19,23). The van der Waals surface area contributed by atoms with Crippen molar-refractivity contribution < 1.29 is 9.18 Å². The molecule has 3 rings (SSSR count). The van der Waals surface area contributed by atoms with Crippen LogP contribution in [0, 0.1) is 5.82 Å². The number of aromatic nitrogens is 2. The van der Waals surface area contributed by atoms with E-state index in [4.69, 9.17) is 0 Å². The van der Waals surface area contributed by atoms with E-state index in [1.165, 1.54) is 12.1 Å². The SMILES string of the molecule is O=C(Nc1ccc(F)cc1)N1CCN(CCn2cccn2)CC1. The fourth-order valence-electron chi connectivity index (χ4n) is 2.59. The molecule has 122 valence electrons. The van der Waals surface area contributed by atoms with Crippen LogP contribution in [-0.2, 0) is 6.54 Å². The Morgan fingerprint density at radius 1 is 1.13 bits per heavy atom. The molecule has 0 atom stereocenters. The fraction of sp³-hybridized carbons (Fsp3) is 0.375. The van der Waals surface area contributed by atoms with Crippen LogP contribution in [0.2, 0.25) is 0 Å². The highest BCUT2D eigenvalue weighted by atomic mass is 19.1. The predicted octanol–water partition coefficient (Wildman–Crippen LogP) is 1.87. The van der Waals surface area contributed by atoms with Crippen LogP contribution in [0.5, 0.6) is 0 Å². The summed E-state index contributed by atoms with van der Waals surface area (Å²) < 4.78 is 14.8. The number of rotatable bonds is 4. The second kappa shape index (κ2) is 7.23. The fourth-order valence-corrected chi connectivity index (χ4v) is 2.59. The van der Waals surface area contributed by atoms with Crippen molar-refractivity contribution >= 4 is 11.7 Å². The van der Waals surface area contributed by atoms with Crippen LogP contribution >= 0.6 is 0 Å². The lowest BCUT2D eigenvalue weighted by atomic mass is 10.3. The number of piperazine rings is 1. The monoisotopic (exact) mass is 317 g/mol. The number of amides is 2. The molecule has 1 aromatic carbocycles. The molecule has 6 nitrogen and oxygen atoms in total. The number of hydrogen-bond acceptors (Lipinski definition) is 3. The Bertz CT molecular complexity index is 620. The number of nitrogens with one attached hydrogen (secondary N) is 1. The first-order chi connectivity index (χ1) is 11.2. The number of halogens is 1. The van der Waals surface area contributed by atoms with Gasteiger partial charge in [-0.25, -0.2) is 9.18 Å². The third-order valence-corrected chi connectivity index (χ3v) is 3.96. The van der Waals surface area contributed by atoms with E-state index in [2.05, 4.69) is 15.3 Å². The molecule has 0 radical (unpaired) electrons. The van der Waals surface area contributed by atoms with Crippen LogP contribution in [-0.4, -0.2) is 58.3 Å². The van der Waals surface area contributed by atoms with Crippen molar-refractivity contribution in [2.75, 3.05) is 38.0 Å². The van der Waals surface area contributed by atoms with Gasteiger partial charge in [-0.05, 0) is 30.3 Å². The second-order valence-corrected chi connectivity index (χ2v) is 5.53. The van der Waals surface area contributed by atoms with Gasteiger partial charge in [0, 0.05) is 50.8 Å². The first-order valence-corrected chi connectivity index (χ1v) is 7.72. The zero-order valence-electron chi connectivity index (χ0n) is 12.9.